The van der Waals surface area contributed by atoms with Crippen molar-refractivity contribution in [2.45, 2.75) is 82.3 Å². The molecule has 1 aliphatic heterocycles. The number of benzene rings is 1. The average Bonchev–Trinajstić information content (AvgIpc) is 2.89. The van der Waals surface area contributed by atoms with Gasteiger partial charge in [0.05, 0.1) is 41.8 Å². The molecule has 0 aromatic heterocycles. The van der Waals surface area contributed by atoms with Gasteiger partial charge in [0.2, 0.25) is 0 Å². The fraction of sp³-hybridized carbons (Fsp3) is 0.655. The second kappa shape index (κ2) is 9.65. The lowest BCUT2D eigenvalue weighted by molar-refractivity contribution is -0.345. The third-order valence-electron chi connectivity index (χ3n) is 10.00. The first kappa shape index (κ1) is 28.7. The molecule has 8 unspecified atom stereocenters. The monoisotopic (exact) mass is 562 g/mol. The van der Waals surface area contributed by atoms with E-state index in [4.69, 9.17) is 14.2 Å². The summed E-state index contributed by atoms with van der Waals surface area (Å²) in [5, 5.41) is 47.5. The molecule has 9 nitrogen and oxygen atoms in total. The number of ketones is 1. The minimum absolute atomic E-state index is 0.142. The molecule has 214 valence electrons. The molecule has 1 saturated heterocycles. The van der Waals surface area contributed by atoms with E-state index in [0.717, 1.165) is 0 Å². The van der Waals surface area contributed by atoms with E-state index in [1.165, 1.54) is 11.8 Å². The van der Waals surface area contributed by atoms with E-state index in [9.17, 15) is 30.0 Å². The molecule has 2 saturated carbocycles. The van der Waals surface area contributed by atoms with Crippen molar-refractivity contribution in [3.8, 4) is 0 Å². The minimum Gasteiger partial charge on any atom is -0.455 e. The van der Waals surface area contributed by atoms with Crippen LogP contribution in [0.5, 0.6) is 0 Å². The lowest BCUT2D eigenvalue weighted by Crippen LogP contribution is -2.81. The van der Waals surface area contributed by atoms with Gasteiger partial charge < -0.3 is 34.6 Å². The number of esters is 1. The van der Waals surface area contributed by atoms with E-state index in [2.05, 4.69) is 0 Å². The number of carbonyl (C=O) groups is 2. The minimum atomic E-state index is -1.98. The van der Waals surface area contributed by atoms with Gasteiger partial charge in [0, 0.05) is 24.2 Å². The van der Waals surface area contributed by atoms with E-state index in [1.807, 2.05) is 6.26 Å². The summed E-state index contributed by atoms with van der Waals surface area (Å²) in [5.41, 5.74) is -5.72. The zero-order chi connectivity index (χ0) is 28.5. The molecule has 10 heteroatoms. The Kier molecular flexibility index (Phi) is 7.11. The van der Waals surface area contributed by atoms with E-state index in [-0.39, 0.29) is 36.5 Å². The molecule has 9 atom stereocenters. The Morgan fingerprint density at radius 1 is 1.15 bits per heavy atom. The Bertz CT molecular complexity index is 1180. The van der Waals surface area contributed by atoms with Crippen molar-refractivity contribution in [2.24, 2.45) is 16.7 Å². The van der Waals surface area contributed by atoms with E-state index < -0.39 is 70.2 Å². The maximum atomic E-state index is 14.5. The lowest BCUT2D eigenvalue weighted by atomic mass is 9.44. The lowest BCUT2D eigenvalue weighted by Gasteiger charge is -2.67. The Morgan fingerprint density at radius 2 is 1.82 bits per heavy atom. The van der Waals surface area contributed by atoms with Crippen LogP contribution >= 0.6 is 11.8 Å². The van der Waals surface area contributed by atoms with Crippen LogP contribution in [0.2, 0.25) is 0 Å². The van der Waals surface area contributed by atoms with Crippen molar-refractivity contribution in [1.82, 2.24) is 0 Å². The summed E-state index contributed by atoms with van der Waals surface area (Å²) in [6.45, 7) is 6.45. The maximum Gasteiger partial charge on any atom is 0.338 e. The summed E-state index contributed by atoms with van der Waals surface area (Å²) in [7, 11) is 0. The van der Waals surface area contributed by atoms with Gasteiger partial charge in [-0.05, 0) is 43.4 Å². The predicted octanol–water partition coefficient (Wildman–Crippen LogP) is 1.86. The smallest absolute Gasteiger partial charge is 0.338 e. The van der Waals surface area contributed by atoms with E-state index in [0.29, 0.717) is 5.57 Å². The van der Waals surface area contributed by atoms with Crippen LogP contribution in [0.1, 0.15) is 50.9 Å². The molecule has 39 heavy (non-hydrogen) atoms. The maximum absolute atomic E-state index is 14.5. The molecule has 1 aromatic carbocycles. The van der Waals surface area contributed by atoms with Gasteiger partial charge in [-0.1, -0.05) is 32.0 Å². The number of Topliss-reactive ketones (excluding diaryl/α,β-unsaturated/α-hetero) is 1. The first-order valence-electron chi connectivity index (χ1n) is 13.3. The molecule has 0 spiro atoms. The van der Waals surface area contributed by atoms with Crippen molar-refractivity contribution in [2.75, 3.05) is 18.8 Å². The number of aliphatic hydroxyl groups excluding tert-OH is 2. The summed E-state index contributed by atoms with van der Waals surface area (Å²) >= 11 is 1.41. The van der Waals surface area contributed by atoms with Crippen LogP contribution in [0.4, 0.5) is 0 Å². The number of aliphatic hydroxyl groups is 4. The third-order valence-corrected chi connectivity index (χ3v) is 10.4. The molecule has 2 bridgehead atoms. The summed E-state index contributed by atoms with van der Waals surface area (Å²) < 4.78 is 18.1. The first-order chi connectivity index (χ1) is 18.2. The van der Waals surface area contributed by atoms with Crippen LogP contribution in [0.15, 0.2) is 41.5 Å². The van der Waals surface area contributed by atoms with Gasteiger partial charge >= 0.3 is 5.97 Å². The highest BCUT2D eigenvalue weighted by molar-refractivity contribution is 7.98. The van der Waals surface area contributed by atoms with E-state index in [1.54, 1.807) is 58.0 Å². The zero-order valence-corrected chi connectivity index (χ0v) is 23.7. The largest absolute Gasteiger partial charge is 0.455 e. The second-order valence-electron chi connectivity index (χ2n) is 12.2. The van der Waals surface area contributed by atoms with Gasteiger partial charge in [-0.3, -0.25) is 4.79 Å². The van der Waals surface area contributed by atoms with E-state index >= 15 is 0 Å². The van der Waals surface area contributed by atoms with Crippen molar-refractivity contribution < 1.29 is 44.2 Å². The second-order valence-corrected chi connectivity index (χ2v) is 13.0. The van der Waals surface area contributed by atoms with Crippen LogP contribution < -0.4 is 0 Å². The number of hydrogen-bond acceptors (Lipinski definition) is 10. The SMILES string of the molecule is CSCOC1CC2OCC2(O)C2C(OC(=O)c3ccccc3)C3(O)CC(O)C(C)=C(C(O)C(=O)[C@]12C)C3(C)C. The Balaban J connectivity index is 1.77. The summed E-state index contributed by atoms with van der Waals surface area (Å²) in [5.74, 6) is -2.32. The van der Waals surface area contributed by atoms with Gasteiger partial charge in [0.25, 0.3) is 0 Å². The molecule has 4 N–H and O–H groups in total. The number of thioether (sulfide) groups is 1. The molecule has 0 amide bonds. The average molecular weight is 563 g/mol. The van der Waals surface area contributed by atoms with Gasteiger partial charge in [0.1, 0.15) is 23.4 Å². The van der Waals surface area contributed by atoms with Crippen molar-refractivity contribution in [1.29, 1.82) is 0 Å². The number of rotatable bonds is 5. The molecular formula is C29H38O9S. The van der Waals surface area contributed by atoms with Crippen molar-refractivity contribution in [3.63, 3.8) is 0 Å². The van der Waals surface area contributed by atoms with Crippen LogP contribution in [0.3, 0.4) is 0 Å². The highest BCUT2D eigenvalue weighted by Crippen LogP contribution is 2.63. The number of fused-ring (bicyclic) bond motifs is 5. The first-order valence-corrected chi connectivity index (χ1v) is 14.7. The summed E-state index contributed by atoms with van der Waals surface area (Å²) in [4.78, 5) is 28.0. The number of ether oxygens (including phenoxy) is 3. The molecule has 1 heterocycles. The van der Waals surface area contributed by atoms with Gasteiger partial charge in [-0.15, -0.1) is 11.8 Å². The van der Waals surface area contributed by atoms with Crippen molar-refractivity contribution >= 4 is 23.5 Å². The molecule has 3 fully saturated rings. The summed E-state index contributed by atoms with van der Waals surface area (Å²) in [6, 6.07) is 8.28. The number of carbonyl (C=O) groups excluding carboxylic acids is 2. The molecule has 5 rings (SSSR count). The topological polar surface area (TPSA) is 143 Å². The normalized spacial score (nSPS) is 42.9. The fourth-order valence-corrected chi connectivity index (χ4v) is 7.94. The van der Waals surface area contributed by atoms with Crippen LogP contribution in [-0.4, -0.2) is 92.7 Å². The van der Waals surface area contributed by atoms with Crippen LogP contribution in [-0.2, 0) is 19.0 Å². The number of hydrogen-bond donors (Lipinski definition) is 4. The molecule has 3 aliphatic carbocycles. The van der Waals surface area contributed by atoms with Gasteiger partial charge in [0.15, 0.2) is 5.78 Å². The van der Waals surface area contributed by atoms with Gasteiger partial charge in [-0.25, -0.2) is 4.79 Å². The zero-order valence-electron chi connectivity index (χ0n) is 22.9. The van der Waals surface area contributed by atoms with Crippen LogP contribution in [0, 0.1) is 16.7 Å². The molecular weight excluding hydrogens is 524 g/mol. The van der Waals surface area contributed by atoms with Crippen LogP contribution in [0.25, 0.3) is 0 Å². The quantitative estimate of drug-likeness (QED) is 0.239. The fourth-order valence-electron chi connectivity index (χ4n) is 7.64. The molecule has 4 aliphatic rings. The molecule has 1 aromatic rings. The standard InChI is InChI=1S/C29H38O9S/c1-15-17(30)12-29(35)24(38-25(33)16-9-7-6-8-10-16)22-27(4,23(32)21(31)20(15)26(29,2)3)18(37-14-39-5)11-19-28(22,34)13-36-19/h6-10,17-19,21-22,24,30-31,34-35H,11-14H2,1-5H3/t17?,18?,19?,21?,22?,24?,27-,28?,29?/m1/s1. The highest BCUT2D eigenvalue weighted by atomic mass is 32.2. The Labute approximate surface area is 232 Å². The Morgan fingerprint density at radius 3 is 2.41 bits per heavy atom. The van der Waals surface area contributed by atoms with Crippen molar-refractivity contribution in [3.05, 3.63) is 47.0 Å². The molecule has 0 radical (unpaired) electrons. The third kappa shape index (κ3) is 3.90. The predicted molar refractivity (Wildman–Crippen MR) is 143 cm³/mol. The highest BCUT2D eigenvalue weighted by Gasteiger charge is 2.76. The Hall–Kier alpha value is -1.79. The summed E-state index contributed by atoms with van der Waals surface area (Å²) in [6.07, 6.45) is -4.09. The van der Waals surface area contributed by atoms with Gasteiger partial charge in [-0.2, -0.15) is 0 Å².